The number of hydrogen-bond donors (Lipinski definition) is 1. The number of aromatic nitrogens is 2. The van der Waals surface area contributed by atoms with E-state index >= 15 is 0 Å². The van der Waals surface area contributed by atoms with Gasteiger partial charge < -0.3 is 14.6 Å². The van der Waals surface area contributed by atoms with E-state index in [1.807, 2.05) is 19.1 Å². The molecule has 1 aromatic carbocycles. The number of aryl methyl sites for hydroxylation is 1. The van der Waals surface area contributed by atoms with Gasteiger partial charge in [-0.3, -0.25) is 0 Å². The summed E-state index contributed by atoms with van der Waals surface area (Å²) in [5.41, 5.74) is 4.01. The minimum atomic E-state index is -0.260. The molecular weight excluding hydrogens is 292 g/mol. The van der Waals surface area contributed by atoms with Crippen molar-refractivity contribution in [3.63, 3.8) is 0 Å². The number of benzene rings is 1. The Bertz CT molecular complexity index is 735. The predicted molar refractivity (Wildman–Crippen MR) is 76.1 cm³/mol. The number of nitrogens with zero attached hydrogens (tertiary/aromatic N) is 2. The van der Waals surface area contributed by atoms with Crippen molar-refractivity contribution in [2.75, 3.05) is 6.61 Å². The molecule has 2 aliphatic rings. The highest BCUT2D eigenvalue weighted by atomic mass is 35.5. The molecule has 3 heterocycles. The van der Waals surface area contributed by atoms with Gasteiger partial charge in [0.2, 0.25) is 0 Å². The van der Waals surface area contributed by atoms with Crippen molar-refractivity contribution in [3.8, 4) is 17.0 Å². The maximum absolute atomic E-state index is 10.2. The van der Waals surface area contributed by atoms with Crippen LogP contribution in [0.15, 0.2) is 18.2 Å². The molecule has 0 aliphatic carbocycles. The molecular formula is C15H13ClN2O3. The lowest BCUT2D eigenvalue weighted by atomic mass is 9.94. The van der Waals surface area contributed by atoms with Crippen LogP contribution in [0.5, 0.6) is 5.75 Å². The van der Waals surface area contributed by atoms with Crippen molar-refractivity contribution in [3.05, 3.63) is 40.0 Å². The third-order valence-electron chi connectivity index (χ3n) is 3.92. The highest BCUT2D eigenvalue weighted by molar-refractivity contribution is 6.30. The second kappa shape index (κ2) is 4.66. The van der Waals surface area contributed by atoms with E-state index in [0.29, 0.717) is 29.4 Å². The molecule has 2 atom stereocenters. The summed E-state index contributed by atoms with van der Waals surface area (Å²) in [6.45, 7) is 2.39. The van der Waals surface area contributed by atoms with Gasteiger partial charge in [-0.05, 0) is 24.6 Å². The highest BCUT2D eigenvalue weighted by Gasteiger charge is 2.39. The van der Waals surface area contributed by atoms with E-state index in [9.17, 15) is 5.11 Å². The first-order valence-corrected chi connectivity index (χ1v) is 7.13. The van der Waals surface area contributed by atoms with Gasteiger partial charge in [0.15, 0.2) is 11.4 Å². The molecule has 108 valence electrons. The number of rotatable bonds is 1. The van der Waals surface area contributed by atoms with Crippen LogP contribution in [0, 0.1) is 6.92 Å². The number of fused-ring (bicyclic) bond motifs is 4. The van der Waals surface area contributed by atoms with Gasteiger partial charge in [0.25, 0.3) is 0 Å². The van der Waals surface area contributed by atoms with Crippen molar-refractivity contribution < 1.29 is 14.6 Å². The standard InChI is InChI=1S/C15H13ClN2O3/c1-7-2-3-8(10(19)4-7)14-13-9(15(16)18-17-14)5-12-20-6-11(13)21-12/h2-4,11-12,19H,5-6H2,1H3/t11-,12-/m0/s1. The molecule has 21 heavy (non-hydrogen) atoms. The maximum atomic E-state index is 10.2. The fraction of sp³-hybridized carbons (Fsp3) is 0.333. The summed E-state index contributed by atoms with van der Waals surface area (Å²) in [4.78, 5) is 0. The molecule has 1 N–H and O–H groups in total. The van der Waals surface area contributed by atoms with E-state index in [4.69, 9.17) is 21.1 Å². The first kappa shape index (κ1) is 13.0. The first-order valence-electron chi connectivity index (χ1n) is 6.75. The molecule has 2 aromatic rings. The van der Waals surface area contributed by atoms with E-state index in [-0.39, 0.29) is 18.1 Å². The number of halogens is 1. The summed E-state index contributed by atoms with van der Waals surface area (Å²) in [7, 11) is 0. The van der Waals surface area contributed by atoms with E-state index in [2.05, 4.69) is 10.2 Å². The van der Waals surface area contributed by atoms with Gasteiger partial charge in [-0.2, -0.15) is 0 Å². The Morgan fingerprint density at radius 2 is 2.19 bits per heavy atom. The molecule has 0 spiro atoms. The molecule has 6 heteroatoms. The van der Waals surface area contributed by atoms with Gasteiger partial charge in [0, 0.05) is 23.1 Å². The molecule has 0 radical (unpaired) electrons. The Balaban J connectivity index is 1.95. The SMILES string of the molecule is Cc1ccc(-c2nnc(Cl)c3c2[C@@H]2CO[C@H](C3)O2)c(O)c1. The van der Waals surface area contributed by atoms with Gasteiger partial charge >= 0.3 is 0 Å². The fourth-order valence-corrected chi connectivity index (χ4v) is 3.14. The van der Waals surface area contributed by atoms with E-state index in [1.165, 1.54) is 0 Å². The van der Waals surface area contributed by atoms with Crippen molar-refractivity contribution >= 4 is 11.6 Å². The smallest absolute Gasteiger partial charge is 0.162 e. The number of aromatic hydroxyl groups is 1. The first-order chi connectivity index (χ1) is 10.1. The number of phenolic OH excluding ortho intramolecular Hbond substituents is 1. The largest absolute Gasteiger partial charge is 0.507 e. The van der Waals surface area contributed by atoms with Crippen LogP contribution in [0.3, 0.4) is 0 Å². The van der Waals surface area contributed by atoms with Crippen LogP contribution >= 0.6 is 11.6 Å². The lowest BCUT2D eigenvalue weighted by molar-refractivity contribution is -0.0639. The zero-order valence-corrected chi connectivity index (χ0v) is 12.1. The van der Waals surface area contributed by atoms with Gasteiger partial charge in [-0.25, -0.2) is 0 Å². The van der Waals surface area contributed by atoms with Crippen molar-refractivity contribution in [2.45, 2.75) is 25.7 Å². The molecule has 0 saturated carbocycles. The third kappa shape index (κ3) is 2.00. The summed E-state index contributed by atoms with van der Waals surface area (Å²) in [6.07, 6.45) is 0.0888. The molecule has 2 bridgehead atoms. The summed E-state index contributed by atoms with van der Waals surface area (Å²) >= 11 is 6.18. The van der Waals surface area contributed by atoms with Gasteiger partial charge in [0.05, 0.1) is 6.61 Å². The average molecular weight is 305 g/mol. The summed E-state index contributed by atoms with van der Waals surface area (Å²) in [5.74, 6) is 0.176. The summed E-state index contributed by atoms with van der Waals surface area (Å²) < 4.78 is 11.3. The molecule has 0 amide bonds. The Morgan fingerprint density at radius 1 is 1.33 bits per heavy atom. The van der Waals surface area contributed by atoms with Crippen LogP contribution < -0.4 is 0 Å². The van der Waals surface area contributed by atoms with Gasteiger partial charge in [-0.15, -0.1) is 10.2 Å². The zero-order valence-electron chi connectivity index (χ0n) is 11.3. The van der Waals surface area contributed by atoms with E-state index < -0.39 is 0 Å². The summed E-state index contributed by atoms with van der Waals surface area (Å²) in [5, 5.41) is 18.8. The van der Waals surface area contributed by atoms with Crippen molar-refractivity contribution in [2.24, 2.45) is 0 Å². The molecule has 2 aliphatic heterocycles. The van der Waals surface area contributed by atoms with Crippen molar-refractivity contribution in [1.29, 1.82) is 0 Å². The average Bonchev–Trinajstić information content (AvgIpc) is 2.83. The quantitative estimate of drug-likeness (QED) is 0.877. The molecule has 1 aromatic heterocycles. The maximum Gasteiger partial charge on any atom is 0.162 e. The minimum absolute atomic E-state index is 0.176. The van der Waals surface area contributed by atoms with Crippen LogP contribution in [0.25, 0.3) is 11.3 Å². The molecule has 1 fully saturated rings. The van der Waals surface area contributed by atoms with E-state index in [0.717, 1.165) is 16.7 Å². The zero-order chi connectivity index (χ0) is 14.6. The summed E-state index contributed by atoms with van der Waals surface area (Å²) in [6, 6.07) is 5.47. The predicted octanol–water partition coefficient (Wildman–Crippen LogP) is 2.78. The molecule has 0 unspecified atom stereocenters. The van der Waals surface area contributed by atoms with Gasteiger partial charge in [-0.1, -0.05) is 17.7 Å². The topological polar surface area (TPSA) is 64.5 Å². The van der Waals surface area contributed by atoms with Crippen LogP contribution in [-0.4, -0.2) is 28.2 Å². The number of hydrogen-bond acceptors (Lipinski definition) is 5. The lowest BCUT2D eigenvalue weighted by Crippen LogP contribution is -2.21. The van der Waals surface area contributed by atoms with Crippen molar-refractivity contribution in [1.82, 2.24) is 10.2 Å². The molecule has 1 saturated heterocycles. The van der Waals surface area contributed by atoms with Crippen LogP contribution in [0.4, 0.5) is 0 Å². The second-order valence-corrected chi connectivity index (χ2v) is 5.70. The second-order valence-electron chi connectivity index (χ2n) is 5.34. The lowest BCUT2D eigenvalue weighted by Gasteiger charge is -2.24. The van der Waals surface area contributed by atoms with E-state index in [1.54, 1.807) is 6.07 Å². The normalized spacial score (nSPS) is 23.1. The van der Waals surface area contributed by atoms with Crippen LogP contribution in [0.2, 0.25) is 5.15 Å². The Kier molecular flexibility index (Phi) is 2.89. The monoisotopic (exact) mass is 304 g/mol. The minimum Gasteiger partial charge on any atom is -0.507 e. The van der Waals surface area contributed by atoms with Crippen LogP contribution in [-0.2, 0) is 15.9 Å². The fourth-order valence-electron chi connectivity index (χ4n) is 2.93. The Morgan fingerprint density at radius 3 is 3.00 bits per heavy atom. The molecule has 4 rings (SSSR count). The number of phenols is 1. The van der Waals surface area contributed by atoms with Crippen LogP contribution in [0.1, 0.15) is 22.8 Å². The van der Waals surface area contributed by atoms with Gasteiger partial charge in [0.1, 0.15) is 17.5 Å². The molecule has 5 nitrogen and oxygen atoms in total. The highest BCUT2D eigenvalue weighted by Crippen LogP contribution is 2.44. The Hall–Kier alpha value is -1.69. The number of ether oxygens (including phenoxy) is 2. The Labute approximate surface area is 126 Å². The third-order valence-corrected chi connectivity index (χ3v) is 4.22.